The maximum absolute atomic E-state index is 12.2. The van der Waals surface area contributed by atoms with Crippen LogP contribution < -0.4 is 5.32 Å². The normalized spacial score (nSPS) is 18.5. The maximum Gasteiger partial charge on any atom is 0.270 e. The fraction of sp³-hybridized carbons (Fsp3) is 0.333. The molecule has 7 nitrogen and oxygen atoms in total. The van der Waals surface area contributed by atoms with Gasteiger partial charge in [-0.25, -0.2) is 4.99 Å². The number of ether oxygens (including phenoxy) is 1. The Hall–Kier alpha value is -2.54. The van der Waals surface area contributed by atoms with Gasteiger partial charge in [0.25, 0.3) is 11.8 Å². The fourth-order valence-electron chi connectivity index (χ4n) is 2.24. The third kappa shape index (κ3) is 3.37. The molecule has 0 bridgehead atoms. The zero-order chi connectivity index (χ0) is 15.4. The highest BCUT2D eigenvalue weighted by molar-refractivity contribution is 6.47. The van der Waals surface area contributed by atoms with Gasteiger partial charge in [-0.15, -0.1) is 0 Å². The highest BCUT2D eigenvalue weighted by atomic mass is 16.5. The largest absolute Gasteiger partial charge is 0.378 e. The summed E-state index contributed by atoms with van der Waals surface area (Å²) in [6.07, 6.45) is -0.0769. The Kier molecular flexibility index (Phi) is 4.24. The van der Waals surface area contributed by atoms with Crippen molar-refractivity contribution >= 4 is 29.2 Å². The van der Waals surface area contributed by atoms with E-state index >= 15 is 0 Å². The molecule has 0 spiro atoms. The number of carbonyl (C=O) groups excluding carboxylic acids is 2. The number of carbonyl (C=O) groups is 2. The first-order chi connectivity index (χ1) is 10.7. The standard InChI is InChI=1S/C15H16N4O3/c20-13-10-12(14(21)16-11-4-2-1-3-5-11)17-15(18-13)19-6-8-22-9-7-19/h1-5H,6-10H2,(H,16,21). The molecule has 22 heavy (non-hydrogen) atoms. The van der Waals surface area contributed by atoms with Gasteiger partial charge in [0.2, 0.25) is 5.96 Å². The van der Waals surface area contributed by atoms with Gasteiger partial charge in [0.05, 0.1) is 19.6 Å². The van der Waals surface area contributed by atoms with E-state index in [1.807, 2.05) is 23.1 Å². The summed E-state index contributed by atoms with van der Waals surface area (Å²) in [6.45, 7) is 2.36. The van der Waals surface area contributed by atoms with Crippen LogP contribution in [0.1, 0.15) is 6.42 Å². The molecule has 0 saturated carbocycles. The number of guanidine groups is 1. The molecule has 7 heteroatoms. The van der Waals surface area contributed by atoms with Crippen molar-refractivity contribution in [3.8, 4) is 0 Å². The lowest BCUT2D eigenvalue weighted by Crippen LogP contribution is -2.42. The number of benzene rings is 1. The second-order valence-electron chi connectivity index (χ2n) is 4.96. The van der Waals surface area contributed by atoms with Crippen LogP contribution in [0.5, 0.6) is 0 Å². The number of hydrogen-bond acceptors (Lipinski definition) is 5. The predicted molar refractivity (Wildman–Crippen MR) is 82.0 cm³/mol. The number of anilines is 1. The minimum Gasteiger partial charge on any atom is -0.378 e. The maximum atomic E-state index is 12.2. The van der Waals surface area contributed by atoms with Crippen molar-refractivity contribution in [1.29, 1.82) is 0 Å². The Labute approximate surface area is 127 Å². The molecular weight excluding hydrogens is 284 g/mol. The zero-order valence-corrected chi connectivity index (χ0v) is 12.0. The van der Waals surface area contributed by atoms with Gasteiger partial charge in [-0.3, -0.25) is 9.59 Å². The van der Waals surface area contributed by atoms with Crippen molar-refractivity contribution in [3.63, 3.8) is 0 Å². The number of para-hydroxylation sites is 1. The van der Waals surface area contributed by atoms with Crippen LogP contribution in [0.25, 0.3) is 0 Å². The topological polar surface area (TPSA) is 83.4 Å². The third-order valence-corrected chi connectivity index (χ3v) is 3.37. The van der Waals surface area contributed by atoms with E-state index in [1.54, 1.807) is 12.1 Å². The molecule has 1 saturated heterocycles. The summed E-state index contributed by atoms with van der Waals surface area (Å²) in [5, 5.41) is 2.74. The summed E-state index contributed by atoms with van der Waals surface area (Å²) in [6, 6.07) is 9.06. The third-order valence-electron chi connectivity index (χ3n) is 3.37. The Morgan fingerprint density at radius 1 is 1.14 bits per heavy atom. The lowest BCUT2D eigenvalue weighted by molar-refractivity contribution is -0.118. The summed E-state index contributed by atoms with van der Waals surface area (Å²) in [5.74, 6) is -0.423. The molecule has 2 aliphatic heterocycles. The monoisotopic (exact) mass is 300 g/mol. The van der Waals surface area contributed by atoms with Crippen LogP contribution in [0.3, 0.4) is 0 Å². The first-order valence-electron chi connectivity index (χ1n) is 7.10. The first kappa shape index (κ1) is 14.4. The summed E-state index contributed by atoms with van der Waals surface area (Å²) in [5.41, 5.74) is 0.850. The summed E-state index contributed by atoms with van der Waals surface area (Å²) in [4.78, 5) is 34.1. The van der Waals surface area contributed by atoms with Gasteiger partial charge in [0.15, 0.2) is 0 Å². The molecule has 0 unspecified atom stereocenters. The van der Waals surface area contributed by atoms with Crippen molar-refractivity contribution < 1.29 is 14.3 Å². The minimum atomic E-state index is -0.375. The highest BCUT2D eigenvalue weighted by Crippen LogP contribution is 2.10. The molecule has 0 atom stereocenters. The minimum absolute atomic E-state index is 0.0769. The van der Waals surface area contributed by atoms with Crippen LogP contribution in [0.2, 0.25) is 0 Å². The van der Waals surface area contributed by atoms with Crippen LogP contribution in [-0.4, -0.2) is 54.7 Å². The smallest absolute Gasteiger partial charge is 0.270 e. The number of nitrogens with one attached hydrogen (secondary N) is 1. The molecule has 0 aliphatic carbocycles. The summed E-state index contributed by atoms with van der Waals surface area (Å²) < 4.78 is 5.26. The molecule has 3 rings (SSSR count). The van der Waals surface area contributed by atoms with Crippen molar-refractivity contribution in [2.45, 2.75) is 6.42 Å². The SMILES string of the molecule is O=C1CC(C(=O)Nc2ccccc2)=NC(N2CCOCC2)=N1. The van der Waals surface area contributed by atoms with E-state index < -0.39 is 0 Å². The van der Waals surface area contributed by atoms with Gasteiger partial charge < -0.3 is 15.0 Å². The van der Waals surface area contributed by atoms with Crippen LogP contribution in [-0.2, 0) is 14.3 Å². The van der Waals surface area contributed by atoms with Crippen LogP contribution in [0.4, 0.5) is 5.69 Å². The molecule has 2 amide bonds. The van der Waals surface area contributed by atoms with Gasteiger partial charge >= 0.3 is 0 Å². The van der Waals surface area contributed by atoms with Crippen molar-refractivity contribution in [2.75, 3.05) is 31.6 Å². The molecule has 2 heterocycles. The molecule has 114 valence electrons. The van der Waals surface area contributed by atoms with Crippen LogP contribution in [0, 0.1) is 0 Å². The number of nitrogens with zero attached hydrogens (tertiary/aromatic N) is 3. The Balaban J connectivity index is 1.74. The number of amides is 2. The lowest BCUT2D eigenvalue weighted by Gasteiger charge is -2.28. The van der Waals surface area contributed by atoms with E-state index in [2.05, 4.69) is 15.3 Å². The number of hydrogen-bond donors (Lipinski definition) is 1. The van der Waals surface area contributed by atoms with Crippen LogP contribution >= 0.6 is 0 Å². The summed E-state index contributed by atoms with van der Waals surface area (Å²) in [7, 11) is 0. The van der Waals surface area contributed by atoms with Gasteiger partial charge in [0.1, 0.15) is 5.71 Å². The number of rotatable bonds is 2. The number of morpholine rings is 1. The quantitative estimate of drug-likeness (QED) is 0.871. The van der Waals surface area contributed by atoms with Crippen molar-refractivity contribution in [2.24, 2.45) is 9.98 Å². The number of aliphatic imine (C=N–C) groups is 2. The van der Waals surface area contributed by atoms with Crippen molar-refractivity contribution in [3.05, 3.63) is 30.3 Å². The Morgan fingerprint density at radius 2 is 1.86 bits per heavy atom. The summed E-state index contributed by atoms with van der Waals surface area (Å²) >= 11 is 0. The van der Waals surface area contributed by atoms with E-state index in [-0.39, 0.29) is 23.9 Å². The van der Waals surface area contributed by atoms with Gasteiger partial charge in [-0.2, -0.15) is 4.99 Å². The molecule has 1 fully saturated rings. The zero-order valence-electron chi connectivity index (χ0n) is 12.0. The predicted octanol–water partition coefficient (Wildman–Crippen LogP) is 0.685. The van der Waals surface area contributed by atoms with Gasteiger partial charge in [-0.05, 0) is 12.1 Å². The van der Waals surface area contributed by atoms with E-state index in [0.29, 0.717) is 38.0 Å². The van der Waals surface area contributed by atoms with Gasteiger partial charge in [-0.1, -0.05) is 18.2 Å². The lowest BCUT2D eigenvalue weighted by atomic mass is 10.2. The average molecular weight is 300 g/mol. The average Bonchev–Trinajstić information content (AvgIpc) is 2.56. The second-order valence-corrected chi connectivity index (χ2v) is 4.96. The molecule has 1 aromatic carbocycles. The van der Waals surface area contributed by atoms with E-state index in [0.717, 1.165) is 0 Å². The molecule has 0 aromatic heterocycles. The van der Waals surface area contributed by atoms with E-state index in [1.165, 1.54) is 0 Å². The molecule has 1 aromatic rings. The van der Waals surface area contributed by atoms with Crippen molar-refractivity contribution in [1.82, 2.24) is 4.90 Å². The van der Waals surface area contributed by atoms with Crippen LogP contribution in [0.15, 0.2) is 40.3 Å². The molecule has 1 N–H and O–H groups in total. The Bertz CT molecular complexity index is 633. The fourth-order valence-corrected chi connectivity index (χ4v) is 2.24. The molecule has 0 radical (unpaired) electrons. The molecular formula is C15H16N4O3. The van der Waals surface area contributed by atoms with E-state index in [9.17, 15) is 9.59 Å². The highest BCUT2D eigenvalue weighted by Gasteiger charge is 2.25. The van der Waals surface area contributed by atoms with Gasteiger partial charge in [0, 0.05) is 18.8 Å². The van der Waals surface area contributed by atoms with E-state index in [4.69, 9.17) is 4.74 Å². The molecule has 2 aliphatic rings. The first-order valence-corrected chi connectivity index (χ1v) is 7.10. The Morgan fingerprint density at radius 3 is 2.59 bits per heavy atom. The second kappa shape index (κ2) is 6.48.